The van der Waals surface area contributed by atoms with Crippen LogP contribution in [0, 0.1) is 0 Å². The van der Waals surface area contributed by atoms with Crippen LogP contribution in [0.25, 0.3) is 0 Å². The van der Waals surface area contributed by atoms with E-state index in [0.29, 0.717) is 0 Å². The zero-order valence-electron chi connectivity index (χ0n) is 10.7. The molecule has 1 aliphatic rings. The molecule has 1 aromatic carbocycles. The first-order valence-electron chi connectivity index (χ1n) is 5.82. The number of para-hydroxylation sites is 1. The summed E-state index contributed by atoms with van der Waals surface area (Å²) >= 11 is -1.69. The minimum atomic E-state index is -1.69. The summed E-state index contributed by atoms with van der Waals surface area (Å²) in [5.41, 5.74) is 1.33. The van der Waals surface area contributed by atoms with Crippen LogP contribution >= 0.6 is 24.8 Å². The van der Waals surface area contributed by atoms with Crippen molar-refractivity contribution < 1.29 is 20.9 Å². The molecule has 1 aromatic rings. The van der Waals surface area contributed by atoms with E-state index in [-0.39, 0.29) is 24.8 Å². The summed E-state index contributed by atoms with van der Waals surface area (Å²) in [6.45, 7) is 4.99. The number of rotatable bonds is 4. The smallest absolute Gasteiger partial charge is 0.147 e. The molecule has 0 aliphatic heterocycles. The largest absolute Gasteiger partial charge is 0.147 e. The van der Waals surface area contributed by atoms with Gasteiger partial charge in [-0.25, -0.2) is 0 Å². The normalized spacial score (nSPS) is 12.5. The third-order valence-electron chi connectivity index (χ3n) is 2.75. The number of hydrogen-bond donors (Lipinski definition) is 1. The molecule has 0 bridgehead atoms. The van der Waals surface area contributed by atoms with E-state index in [1.165, 1.54) is 12.1 Å². The molecule has 0 saturated heterocycles. The van der Waals surface area contributed by atoms with Crippen LogP contribution in [-0.4, -0.2) is 5.98 Å². The van der Waals surface area contributed by atoms with Gasteiger partial charge < -0.3 is 0 Å². The second-order valence-electron chi connectivity index (χ2n) is 4.38. The van der Waals surface area contributed by atoms with Gasteiger partial charge in [-0.3, -0.25) is 0 Å². The molecule has 18 heavy (non-hydrogen) atoms. The van der Waals surface area contributed by atoms with E-state index in [0.717, 1.165) is 0 Å². The molecule has 1 N–H and O–H groups in total. The van der Waals surface area contributed by atoms with Crippen molar-refractivity contribution in [1.82, 2.24) is 0 Å². The summed E-state index contributed by atoms with van der Waals surface area (Å²) in [5, 5.41) is 0. The molecule has 0 unspecified atom stereocenters. The van der Waals surface area contributed by atoms with Crippen molar-refractivity contribution >= 4 is 36.5 Å². The molecule has 5 heteroatoms. The molecular formula is C13H20Cl2HfNSi. The van der Waals surface area contributed by atoms with Crippen molar-refractivity contribution in [3.05, 3.63) is 51.9 Å². The molecule has 0 saturated carbocycles. The molecule has 0 amide bonds. The van der Waals surface area contributed by atoms with Gasteiger partial charge in [0.2, 0.25) is 0 Å². The third-order valence-corrected chi connectivity index (χ3v) is 26.4. The van der Waals surface area contributed by atoms with Crippen LogP contribution in [0.4, 0.5) is 5.69 Å². The Bertz CT molecular complexity index is 407. The predicted molar refractivity (Wildman–Crippen MR) is 85.3 cm³/mol. The average molecular weight is 468 g/mol. The van der Waals surface area contributed by atoms with Crippen molar-refractivity contribution in [1.29, 1.82) is 0 Å². The van der Waals surface area contributed by atoms with Crippen molar-refractivity contribution in [2.75, 3.05) is 3.30 Å². The van der Waals surface area contributed by atoms with Crippen LogP contribution in [0.3, 0.4) is 0 Å². The number of anilines is 1. The summed E-state index contributed by atoms with van der Waals surface area (Å²) in [4.78, 5) is 0. The summed E-state index contributed by atoms with van der Waals surface area (Å²) in [5.74, 6) is -0.515. The van der Waals surface area contributed by atoms with E-state index in [1.807, 2.05) is 0 Å². The maximum absolute atomic E-state index is 3.89. The Kier molecular flexibility index (Phi) is 9.22. The van der Waals surface area contributed by atoms with Gasteiger partial charge in [-0.1, -0.05) is 0 Å². The standard InChI is InChI=1S/C6H6N.C5H5.C2H7Si.2ClH.Hf/c7-6-4-2-1-3-5-6;1-2-4-5-3-1;1-3-2;;;/h1-5,7H;1-3H,4H2;3H,1-2H3;2*1H;/q-1;;;;;+1. The molecule has 0 radical (unpaired) electrons. The fourth-order valence-electron chi connectivity index (χ4n) is 1.92. The van der Waals surface area contributed by atoms with Gasteiger partial charge in [0.05, 0.1) is 0 Å². The van der Waals surface area contributed by atoms with Gasteiger partial charge >= 0.3 is 107 Å². The Hall–Kier alpha value is 0.167. The Labute approximate surface area is 131 Å². The Morgan fingerprint density at radius 2 is 1.78 bits per heavy atom. The number of hydrogen-bond acceptors (Lipinski definition) is 1. The maximum Gasteiger partial charge on any atom is -0.147 e. The van der Waals surface area contributed by atoms with Gasteiger partial charge in [0, 0.05) is 0 Å². The van der Waals surface area contributed by atoms with Crippen LogP contribution in [0.1, 0.15) is 6.42 Å². The molecule has 0 aromatic heterocycles. The number of halogens is 2. The zero-order valence-corrected chi connectivity index (χ0v) is 17.1. The number of allylic oxidation sites excluding steroid dienone is 4. The molecule has 0 atom stereocenters. The van der Waals surface area contributed by atoms with Crippen LogP contribution in [-0.2, 0) is 20.9 Å². The Morgan fingerprint density at radius 3 is 2.28 bits per heavy atom. The summed E-state index contributed by atoms with van der Waals surface area (Å²) in [6.07, 6.45) is 8.10. The molecular weight excluding hydrogens is 448 g/mol. The van der Waals surface area contributed by atoms with Crippen molar-refractivity contribution in [3.8, 4) is 0 Å². The zero-order chi connectivity index (χ0) is 11.4. The van der Waals surface area contributed by atoms with E-state index >= 15 is 0 Å². The molecule has 0 fully saturated rings. The van der Waals surface area contributed by atoms with Crippen LogP contribution < -0.4 is 3.30 Å². The van der Waals surface area contributed by atoms with Gasteiger partial charge in [0.15, 0.2) is 0 Å². The SMILES string of the molecule is C[SiH](C)[Hf]([NH]c1ccccc1)[C]1=CC=CC1.Cl.Cl. The Morgan fingerprint density at radius 1 is 1.11 bits per heavy atom. The minimum Gasteiger partial charge on any atom is -0.147 e. The molecule has 0 heterocycles. The topological polar surface area (TPSA) is 12.0 Å². The molecule has 2 rings (SSSR count). The molecule has 0 spiro atoms. The minimum absolute atomic E-state index is 0. The van der Waals surface area contributed by atoms with E-state index in [2.05, 4.69) is 65.0 Å². The van der Waals surface area contributed by atoms with Crippen molar-refractivity contribution in [2.45, 2.75) is 19.5 Å². The van der Waals surface area contributed by atoms with Gasteiger partial charge in [-0.2, -0.15) is 0 Å². The second kappa shape index (κ2) is 9.13. The van der Waals surface area contributed by atoms with Crippen molar-refractivity contribution in [3.63, 3.8) is 0 Å². The maximum atomic E-state index is 3.89. The summed E-state index contributed by atoms with van der Waals surface area (Å²) in [7, 11) is 0. The fourth-order valence-corrected chi connectivity index (χ4v) is 21.7. The van der Waals surface area contributed by atoms with Crippen molar-refractivity contribution in [2.24, 2.45) is 0 Å². The molecule has 1 nitrogen and oxygen atoms in total. The average Bonchev–Trinajstić information content (AvgIpc) is 2.80. The monoisotopic (exact) mass is 468 g/mol. The van der Waals surface area contributed by atoms with E-state index in [4.69, 9.17) is 0 Å². The van der Waals surface area contributed by atoms with E-state index in [1.54, 1.807) is 3.33 Å². The van der Waals surface area contributed by atoms with Crippen LogP contribution in [0.15, 0.2) is 51.9 Å². The van der Waals surface area contributed by atoms with Gasteiger partial charge in [-0.15, -0.1) is 24.8 Å². The van der Waals surface area contributed by atoms with Gasteiger partial charge in [0.1, 0.15) is 0 Å². The molecule has 99 valence electrons. The summed E-state index contributed by atoms with van der Waals surface area (Å²) < 4.78 is 5.65. The first kappa shape index (κ1) is 18.2. The number of benzene rings is 1. The van der Waals surface area contributed by atoms with E-state index < -0.39 is 26.9 Å². The predicted octanol–water partition coefficient (Wildman–Crippen LogP) is 4.30. The second-order valence-corrected chi connectivity index (χ2v) is 30.0. The quantitative estimate of drug-likeness (QED) is 0.651. The first-order valence-corrected chi connectivity index (χ1v) is 18.5. The van der Waals surface area contributed by atoms with Crippen LogP contribution in [0.5, 0.6) is 0 Å². The Balaban J connectivity index is 0.00000144. The summed E-state index contributed by atoms with van der Waals surface area (Å²) in [6, 6.07) is 10.7. The first-order chi connectivity index (χ1) is 7.77. The van der Waals surface area contributed by atoms with Gasteiger partial charge in [-0.05, 0) is 0 Å². The molecule has 1 aliphatic carbocycles. The number of nitrogens with one attached hydrogen (secondary N) is 1. The van der Waals surface area contributed by atoms with Crippen LogP contribution in [0.2, 0.25) is 13.1 Å². The third kappa shape index (κ3) is 5.04. The fraction of sp³-hybridized carbons (Fsp3) is 0.231. The van der Waals surface area contributed by atoms with E-state index in [9.17, 15) is 0 Å². The van der Waals surface area contributed by atoms with Gasteiger partial charge in [0.25, 0.3) is 0 Å².